The van der Waals surface area contributed by atoms with Crippen LogP contribution < -0.4 is 20.2 Å². The van der Waals surface area contributed by atoms with Crippen LogP contribution in [0.4, 0.5) is 5.69 Å². The summed E-state index contributed by atoms with van der Waals surface area (Å²) in [4.78, 5) is 23.9. The number of nitrogens with one attached hydrogen (secondary N) is 2. The molecule has 0 unspecified atom stereocenters. The smallest absolute Gasteiger partial charge is 0.240 e. The average molecular weight is 511 g/mol. The number of hydrogen-bond acceptors (Lipinski definition) is 5. The fraction of sp³-hybridized carbons (Fsp3) is 0.318. The largest absolute Gasteiger partial charge is 0.493 e. The maximum Gasteiger partial charge on any atom is 0.240 e. The van der Waals surface area contributed by atoms with E-state index in [4.69, 9.17) is 21.1 Å². The minimum absolute atomic E-state index is 0.000953. The van der Waals surface area contributed by atoms with Crippen molar-refractivity contribution in [2.75, 3.05) is 19.0 Å². The molecule has 2 aromatic carbocycles. The van der Waals surface area contributed by atoms with E-state index in [1.165, 1.54) is 6.21 Å². The van der Waals surface area contributed by atoms with Crippen molar-refractivity contribution >= 4 is 51.2 Å². The van der Waals surface area contributed by atoms with Crippen LogP contribution >= 0.6 is 27.5 Å². The van der Waals surface area contributed by atoms with Crippen LogP contribution in [0.15, 0.2) is 46.0 Å². The summed E-state index contributed by atoms with van der Waals surface area (Å²) < 4.78 is 11.9. The number of carbonyl (C=O) groups is 2. The second-order valence-electron chi connectivity index (χ2n) is 6.59. The van der Waals surface area contributed by atoms with Gasteiger partial charge in [-0.3, -0.25) is 9.59 Å². The van der Waals surface area contributed by atoms with Gasteiger partial charge in [0.15, 0.2) is 11.5 Å². The third-order valence-electron chi connectivity index (χ3n) is 4.09. The maximum atomic E-state index is 12.0. The van der Waals surface area contributed by atoms with E-state index in [9.17, 15) is 9.59 Å². The summed E-state index contributed by atoms with van der Waals surface area (Å²) in [7, 11) is 1.56. The van der Waals surface area contributed by atoms with E-state index in [0.717, 1.165) is 17.3 Å². The normalized spacial score (nSPS) is 10.7. The Bertz CT molecular complexity index is 937. The van der Waals surface area contributed by atoms with Gasteiger partial charge < -0.3 is 14.8 Å². The van der Waals surface area contributed by atoms with E-state index in [0.29, 0.717) is 34.4 Å². The van der Waals surface area contributed by atoms with Crippen LogP contribution in [0.2, 0.25) is 5.02 Å². The minimum atomic E-state index is -0.372. The first-order valence-corrected chi connectivity index (χ1v) is 11.0. The van der Waals surface area contributed by atoms with Gasteiger partial charge in [0.25, 0.3) is 0 Å². The van der Waals surface area contributed by atoms with Gasteiger partial charge in [0.1, 0.15) is 0 Å². The highest BCUT2D eigenvalue weighted by molar-refractivity contribution is 9.10. The predicted octanol–water partition coefficient (Wildman–Crippen LogP) is 5.16. The number of nitrogens with zero attached hydrogens (tertiary/aromatic N) is 1. The molecule has 2 N–H and O–H groups in total. The van der Waals surface area contributed by atoms with E-state index in [1.807, 2.05) is 6.07 Å². The van der Waals surface area contributed by atoms with Gasteiger partial charge in [-0.15, -0.1) is 0 Å². The Kier molecular flexibility index (Phi) is 10.3. The van der Waals surface area contributed by atoms with E-state index in [1.54, 1.807) is 37.4 Å². The third-order valence-corrected chi connectivity index (χ3v) is 4.91. The van der Waals surface area contributed by atoms with E-state index in [2.05, 4.69) is 38.7 Å². The molecule has 0 saturated heterocycles. The van der Waals surface area contributed by atoms with Crippen molar-refractivity contribution in [3.05, 3.63) is 51.5 Å². The number of hydrogen-bond donors (Lipinski definition) is 2. The number of unbranched alkanes of at least 4 members (excludes halogenated alkanes) is 1. The molecule has 0 fully saturated rings. The highest BCUT2D eigenvalue weighted by Crippen LogP contribution is 2.36. The number of anilines is 1. The van der Waals surface area contributed by atoms with Gasteiger partial charge in [-0.05, 0) is 58.2 Å². The number of amides is 2. The second kappa shape index (κ2) is 13.0. The number of benzene rings is 2. The van der Waals surface area contributed by atoms with E-state index in [-0.39, 0.29) is 24.7 Å². The first-order chi connectivity index (χ1) is 14.9. The first-order valence-electron chi connectivity index (χ1n) is 9.80. The van der Waals surface area contributed by atoms with Gasteiger partial charge in [-0.1, -0.05) is 31.0 Å². The molecule has 31 heavy (non-hydrogen) atoms. The Labute approximate surface area is 195 Å². The zero-order valence-corrected chi connectivity index (χ0v) is 19.8. The average Bonchev–Trinajstić information content (AvgIpc) is 2.73. The van der Waals surface area contributed by atoms with Gasteiger partial charge >= 0.3 is 0 Å². The molecule has 0 heterocycles. The summed E-state index contributed by atoms with van der Waals surface area (Å²) in [5.74, 6) is 0.538. The van der Waals surface area contributed by atoms with Crippen molar-refractivity contribution < 1.29 is 19.1 Å². The number of halogens is 2. The highest BCUT2D eigenvalue weighted by atomic mass is 79.9. The zero-order chi connectivity index (χ0) is 22.6. The molecular formula is C22H25BrClN3O4. The Morgan fingerprint density at radius 2 is 1.97 bits per heavy atom. The molecule has 0 radical (unpaired) electrons. The van der Waals surface area contributed by atoms with Crippen LogP contribution in [0.3, 0.4) is 0 Å². The number of ether oxygens (including phenoxy) is 2. The molecule has 0 aromatic heterocycles. The molecule has 2 rings (SSSR count). The number of carbonyl (C=O) groups excluding carboxylic acids is 2. The maximum absolute atomic E-state index is 12.0. The second-order valence-corrected chi connectivity index (χ2v) is 7.88. The summed E-state index contributed by atoms with van der Waals surface area (Å²) in [5, 5.41) is 7.16. The molecule has 9 heteroatoms. The fourth-order valence-corrected chi connectivity index (χ4v) is 3.29. The predicted molar refractivity (Wildman–Crippen MR) is 126 cm³/mol. The first kappa shape index (κ1) is 24.7. The van der Waals surface area contributed by atoms with Gasteiger partial charge in [-0.2, -0.15) is 5.10 Å². The molecule has 166 valence electrons. The van der Waals surface area contributed by atoms with E-state index >= 15 is 0 Å². The molecule has 0 aliphatic carbocycles. The van der Waals surface area contributed by atoms with Gasteiger partial charge in [0, 0.05) is 23.6 Å². The Morgan fingerprint density at radius 1 is 1.19 bits per heavy atom. The Hall–Kier alpha value is -2.58. The number of methoxy groups -OCH3 is 1. The molecule has 7 nitrogen and oxygen atoms in total. The highest BCUT2D eigenvalue weighted by Gasteiger charge is 2.11. The molecule has 0 spiro atoms. The summed E-state index contributed by atoms with van der Waals surface area (Å²) in [5.41, 5.74) is 3.71. The topological polar surface area (TPSA) is 89.0 Å². The molecular weight excluding hydrogens is 486 g/mol. The zero-order valence-electron chi connectivity index (χ0n) is 17.4. The molecule has 0 bridgehead atoms. The van der Waals surface area contributed by atoms with Crippen LogP contribution in [-0.4, -0.2) is 31.7 Å². The summed E-state index contributed by atoms with van der Waals surface area (Å²) >= 11 is 9.36. The lowest BCUT2D eigenvalue weighted by Gasteiger charge is -2.13. The van der Waals surface area contributed by atoms with Gasteiger partial charge in [-0.25, -0.2) is 5.43 Å². The van der Waals surface area contributed by atoms with Crippen molar-refractivity contribution in [1.82, 2.24) is 5.43 Å². The Morgan fingerprint density at radius 3 is 2.68 bits per heavy atom. The van der Waals surface area contributed by atoms with Crippen molar-refractivity contribution in [1.29, 1.82) is 0 Å². The quantitative estimate of drug-likeness (QED) is 0.248. The van der Waals surface area contributed by atoms with Crippen LogP contribution in [-0.2, 0) is 9.59 Å². The standard InChI is InChI=1S/C22H25BrClN3O4/c1-3-4-10-31-22-18(23)11-15(12-19(22)30-2)14-25-27-21(29)9-8-20(28)26-17-7-5-6-16(24)13-17/h5-7,11-14H,3-4,8-10H2,1-2H3,(H,26,28)(H,27,29). The molecule has 0 aliphatic rings. The number of hydrazone groups is 1. The minimum Gasteiger partial charge on any atom is -0.493 e. The summed E-state index contributed by atoms with van der Waals surface area (Å²) in [6.45, 7) is 2.69. The summed E-state index contributed by atoms with van der Waals surface area (Å²) in [6.07, 6.45) is 3.50. The van der Waals surface area contributed by atoms with Crippen LogP contribution in [0, 0.1) is 0 Å². The molecule has 0 saturated carbocycles. The van der Waals surface area contributed by atoms with Gasteiger partial charge in [0.05, 0.1) is 24.4 Å². The van der Waals surface area contributed by atoms with Crippen molar-refractivity contribution in [3.63, 3.8) is 0 Å². The van der Waals surface area contributed by atoms with Crippen molar-refractivity contribution in [3.8, 4) is 11.5 Å². The van der Waals surface area contributed by atoms with Gasteiger partial charge in [0.2, 0.25) is 11.8 Å². The lowest BCUT2D eigenvalue weighted by atomic mass is 10.2. The monoisotopic (exact) mass is 509 g/mol. The third kappa shape index (κ3) is 8.59. The lowest BCUT2D eigenvalue weighted by molar-refractivity contribution is -0.124. The SMILES string of the molecule is CCCCOc1c(Br)cc(C=NNC(=O)CCC(=O)Nc2cccc(Cl)c2)cc1OC. The number of rotatable bonds is 11. The molecule has 2 aromatic rings. The van der Waals surface area contributed by atoms with Crippen molar-refractivity contribution in [2.45, 2.75) is 32.6 Å². The van der Waals surface area contributed by atoms with E-state index < -0.39 is 0 Å². The van der Waals surface area contributed by atoms with Crippen molar-refractivity contribution in [2.24, 2.45) is 5.10 Å². The van der Waals surface area contributed by atoms with Crippen LogP contribution in [0.1, 0.15) is 38.2 Å². The lowest BCUT2D eigenvalue weighted by Crippen LogP contribution is -2.20. The Balaban J connectivity index is 1.84. The molecule has 0 atom stereocenters. The molecule has 0 aliphatic heterocycles. The summed E-state index contributed by atoms with van der Waals surface area (Å²) in [6, 6.07) is 10.4. The van der Waals surface area contributed by atoms with Crippen LogP contribution in [0.25, 0.3) is 0 Å². The fourth-order valence-electron chi connectivity index (χ4n) is 2.52. The van der Waals surface area contributed by atoms with Crippen LogP contribution in [0.5, 0.6) is 11.5 Å². The molecule has 2 amide bonds.